The van der Waals surface area contributed by atoms with E-state index >= 15 is 0 Å². The average molecular weight is 424 g/mol. The second kappa shape index (κ2) is 7.45. The maximum absolute atomic E-state index is 13.5. The molecule has 7 rings (SSSR count). The van der Waals surface area contributed by atoms with Crippen molar-refractivity contribution in [2.45, 2.75) is 109 Å². The standard InChI is InChI=1S/C26H37N3O2/c1-16(26-13-17-9-18(14-26)11-19(10-17)15-26)27-25(31)24-22-12-21(30)7-8-23(22)29(28-24)20-5-3-2-4-6-20/h16-20H,2-15H2,1H3,(H,27,31). The van der Waals surface area contributed by atoms with Crippen LogP contribution in [-0.4, -0.2) is 27.5 Å². The van der Waals surface area contributed by atoms with Crippen molar-refractivity contribution in [3.05, 3.63) is 17.0 Å². The number of hydrogen-bond donors (Lipinski definition) is 1. The number of hydrogen-bond acceptors (Lipinski definition) is 3. The Labute approximate surface area is 185 Å². The van der Waals surface area contributed by atoms with Crippen LogP contribution in [0.2, 0.25) is 0 Å². The molecule has 5 saturated carbocycles. The molecule has 1 N–H and O–H groups in total. The zero-order valence-electron chi connectivity index (χ0n) is 19.0. The third-order valence-electron chi connectivity index (χ3n) is 9.62. The number of carbonyl (C=O) groups is 2. The van der Waals surface area contributed by atoms with E-state index in [0.29, 0.717) is 24.6 Å². The van der Waals surface area contributed by atoms with E-state index in [-0.39, 0.29) is 23.1 Å². The average Bonchev–Trinajstić information content (AvgIpc) is 3.12. The summed E-state index contributed by atoms with van der Waals surface area (Å²) in [5, 5.41) is 8.31. The predicted molar refractivity (Wildman–Crippen MR) is 119 cm³/mol. The van der Waals surface area contributed by atoms with Gasteiger partial charge >= 0.3 is 0 Å². The van der Waals surface area contributed by atoms with Gasteiger partial charge in [0, 0.05) is 30.1 Å². The molecule has 4 bridgehead atoms. The van der Waals surface area contributed by atoms with Gasteiger partial charge in [0.1, 0.15) is 5.78 Å². The fourth-order valence-electron chi connectivity index (χ4n) is 8.43. The molecule has 6 aliphatic carbocycles. The monoisotopic (exact) mass is 423 g/mol. The van der Waals surface area contributed by atoms with Gasteiger partial charge in [-0.25, -0.2) is 0 Å². The van der Waals surface area contributed by atoms with Crippen molar-refractivity contribution >= 4 is 11.7 Å². The maximum Gasteiger partial charge on any atom is 0.272 e. The van der Waals surface area contributed by atoms with Gasteiger partial charge < -0.3 is 5.32 Å². The minimum Gasteiger partial charge on any atom is -0.348 e. The van der Waals surface area contributed by atoms with Crippen molar-refractivity contribution in [2.75, 3.05) is 0 Å². The molecule has 1 amide bonds. The fraction of sp³-hybridized carbons (Fsp3) is 0.808. The van der Waals surface area contributed by atoms with Crippen molar-refractivity contribution in [1.82, 2.24) is 15.1 Å². The second-order valence-electron chi connectivity index (χ2n) is 11.7. The quantitative estimate of drug-likeness (QED) is 0.758. The van der Waals surface area contributed by atoms with Gasteiger partial charge in [0.05, 0.1) is 6.04 Å². The summed E-state index contributed by atoms with van der Waals surface area (Å²) in [6.45, 7) is 2.24. The highest BCUT2D eigenvalue weighted by molar-refractivity contribution is 5.96. The van der Waals surface area contributed by atoms with Gasteiger partial charge in [0.25, 0.3) is 5.91 Å². The summed E-state index contributed by atoms with van der Waals surface area (Å²) in [6, 6.07) is 0.584. The van der Waals surface area contributed by atoms with Crippen molar-refractivity contribution in [3.8, 4) is 0 Å². The van der Waals surface area contributed by atoms with Crippen molar-refractivity contribution in [2.24, 2.45) is 23.2 Å². The Balaban J connectivity index is 1.26. The minimum absolute atomic E-state index is 0.0382. The normalized spacial score (nSPS) is 35.8. The largest absolute Gasteiger partial charge is 0.348 e. The molecule has 168 valence electrons. The molecule has 6 aliphatic rings. The van der Waals surface area contributed by atoms with Crippen LogP contribution in [-0.2, 0) is 17.6 Å². The molecule has 1 aromatic heterocycles. The first kappa shape index (κ1) is 20.0. The highest BCUT2D eigenvalue weighted by Crippen LogP contribution is 2.61. The molecule has 5 heteroatoms. The number of rotatable bonds is 4. The van der Waals surface area contributed by atoms with Crippen LogP contribution in [0, 0.1) is 23.2 Å². The smallest absolute Gasteiger partial charge is 0.272 e. The fourth-order valence-corrected chi connectivity index (χ4v) is 8.43. The van der Waals surface area contributed by atoms with Crippen molar-refractivity contribution in [3.63, 3.8) is 0 Å². The third-order valence-corrected chi connectivity index (χ3v) is 9.62. The first-order chi connectivity index (χ1) is 15.0. The minimum atomic E-state index is -0.0382. The van der Waals surface area contributed by atoms with Crippen molar-refractivity contribution < 1.29 is 9.59 Å². The number of amides is 1. The van der Waals surface area contributed by atoms with Gasteiger partial charge in [-0.1, -0.05) is 19.3 Å². The second-order valence-corrected chi connectivity index (χ2v) is 11.7. The van der Waals surface area contributed by atoms with Crippen LogP contribution >= 0.6 is 0 Å². The molecule has 31 heavy (non-hydrogen) atoms. The molecular weight excluding hydrogens is 386 g/mol. The van der Waals surface area contributed by atoms with E-state index in [4.69, 9.17) is 5.10 Å². The van der Waals surface area contributed by atoms with Gasteiger partial charge in [-0.3, -0.25) is 14.3 Å². The van der Waals surface area contributed by atoms with Gasteiger partial charge in [-0.15, -0.1) is 0 Å². The topological polar surface area (TPSA) is 64.0 Å². The molecule has 1 atom stereocenters. The highest BCUT2D eigenvalue weighted by Gasteiger charge is 2.53. The van der Waals surface area contributed by atoms with E-state index in [1.165, 1.54) is 63.5 Å². The lowest BCUT2D eigenvalue weighted by Crippen LogP contribution is -2.55. The zero-order valence-corrected chi connectivity index (χ0v) is 19.0. The van der Waals surface area contributed by atoms with Crippen LogP contribution in [0.3, 0.4) is 0 Å². The molecule has 1 unspecified atom stereocenters. The molecular formula is C26H37N3O2. The van der Waals surface area contributed by atoms with Crippen LogP contribution in [0.4, 0.5) is 0 Å². The molecule has 1 aromatic rings. The Hall–Kier alpha value is -1.65. The lowest BCUT2D eigenvalue weighted by Gasteiger charge is -2.59. The number of nitrogens with one attached hydrogen (secondary N) is 1. The van der Waals surface area contributed by atoms with E-state index < -0.39 is 0 Å². The molecule has 5 nitrogen and oxygen atoms in total. The van der Waals surface area contributed by atoms with Crippen LogP contribution < -0.4 is 5.32 Å². The van der Waals surface area contributed by atoms with Crippen LogP contribution in [0.15, 0.2) is 0 Å². The SMILES string of the molecule is CC(NC(=O)c1nn(C2CCCCC2)c2c1CC(=O)CC2)C12CC3CC(CC(C3)C1)C2. The van der Waals surface area contributed by atoms with Crippen LogP contribution in [0.5, 0.6) is 0 Å². The van der Waals surface area contributed by atoms with E-state index in [2.05, 4.69) is 16.9 Å². The van der Waals surface area contributed by atoms with Crippen molar-refractivity contribution in [1.29, 1.82) is 0 Å². The summed E-state index contributed by atoms with van der Waals surface area (Å²) in [6.07, 6.45) is 15.9. The van der Waals surface area contributed by atoms with Gasteiger partial charge in [-0.2, -0.15) is 5.10 Å². The van der Waals surface area contributed by atoms with E-state index in [0.717, 1.165) is 42.6 Å². The number of ketones is 1. The summed E-state index contributed by atoms with van der Waals surface area (Å²) < 4.78 is 2.16. The maximum atomic E-state index is 13.5. The lowest BCUT2D eigenvalue weighted by atomic mass is 9.48. The number of Topliss-reactive ketones (excluding diaryl/α,β-unsaturated/α-hetero) is 1. The molecule has 1 heterocycles. The van der Waals surface area contributed by atoms with E-state index in [1.807, 2.05) is 0 Å². The lowest BCUT2D eigenvalue weighted by molar-refractivity contribution is -0.118. The Morgan fingerprint density at radius 2 is 1.68 bits per heavy atom. The van der Waals surface area contributed by atoms with Gasteiger partial charge in [0.2, 0.25) is 0 Å². The molecule has 0 radical (unpaired) electrons. The van der Waals surface area contributed by atoms with Gasteiger partial charge in [0.15, 0.2) is 5.69 Å². The Morgan fingerprint density at radius 1 is 1.03 bits per heavy atom. The predicted octanol–water partition coefficient (Wildman–Crippen LogP) is 4.78. The van der Waals surface area contributed by atoms with Crippen LogP contribution in [0.1, 0.15) is 112 Å². The number of aromatic nitrogens is 2. The molecule has 5 fully saturated rings. The molecule has 0 saturated heterocycles. The number of fused-ring (bicyclic) bond motifs is 1. The molecule has 0 aromatic carbocycles. The summed E-state index contributed by atoms with van der Waals surface area (Å²) in [7, 11) is 0. The van der Waals surface area contributed by atoms with E-state index in [9.17, 15) is 9.59 Å². The number of nitrogens with zero attached hydrogens (tertiary/aromatic N) is 2. The first-order valence-electron chi connectivity index (χ1n) is 12.9. The summed E-state index contributed by atoms with van der Waals surface area (Å²) >= 11 is 0. The Kier molecular flexibility index (Phi) is 4.81. The zero-order chi connectivity index (χ0) is 21.2. The van der Waals surface area contributed by atoms with Crippen LogP contribution in [0.25, 0.3) is 0 Å². The highest BCUT2D eigenvalue weighted by atomic mass is 16.2. The first-order valence-corrected chi connectivity index (χ1v) is 12.9. The van der Waals surface area contributed by atoms with E-state index in [1.54, 1.807) is 0 Å². The molecule has 0 aliphatic heterocycles. The summed E-state index contributed by atoms with van der Waals surface area (Å²) in [5.74, 6) is 2.84. The number of carbonyl (C=O) groups excluding carboxylic acids is 2. The summed E-state index contributed by atoms with van der Waals surface area (Å²) in [5.41, 5.74) is 2.92. The molecule has 0 spiro atoms. The third kappa shape index (κ3) is 3.38. The Bertz CT molecular complexity index is 859. The Morgan fingerprint density at radius 3 is 2.32 bits per heavy atom. The summed E-state index contributed by atoms with van der Waals surface area (Å²) in [4.78, 5) is 25.8. The van der Waals surface area contributed by atoms with Gasteiger partial charge in [-0.05, 0) is 87.9 Å².